The number of unbranched alkanes of at least 4 members (excludes halogenated alkanes) is 2. The molecule has 0 aliphatic heterocycles. The smallest absolute Gasteiger partial charge is 0.145 e. The van der Waals surface area contributed by atoms with Crippen LogP contribution in [-0.4, -0.2) is 6.29 Å². The molecule has 0 radical (unpaired) electrons. The zero-order chi connectivity index (χ0) is 11.4. The third-order valence-corrected chi connectivity index (χ3v) is 3.98. The van der Waals surface area contributed by atoms with Gasteiger partial charge in [-0.3, -0.25) is 4.79 Å². The van der Waals surface area contributed by atoms with Crippen molar-refractivity contribution in [2.24, 2.45) is 17.8 Å². The normalized spacial score (nSPS) is 32.3. The van der Waals surface area contributed by atoms with E-state index in [4.69, 9.17) is 0 Å². The average molecular weight is 218 g/mol. The van der Waals surface area contributed by atoms with E-state index in [2.05, 4.69) is 25.2 Å². The van der Waals surface area contributed by atoms with Crippen molar-refractivity contribution in [1.82, 2.24) is 0 Å². The van der Waals surface area contributed by atoms with Gasteiger partial charge in [0, 0.05) is 0 Å². The largest absolute Gasteiger partial charge is 0.298 e. The van der Waals surface area contributed by atoms with Gasteiger partial charge in [0.05, 0.1) is 0 Å². The van der Waals surface area contributed by atoms with Crippen LogP contribution in [0.15, 0.2) is 23.8 Å². The van der Waals surface area contributed by atoms with Gasteiger partial charge in [-0.2, -0.15) is 0 Å². The maximum Gasteiger partial charge on any atom is 0.145 e. The Bertz CT molecular complexity index is 301. The van der Waals surface area contributed by atoms with E-state index in [1.807, 2.05) is 0 Å². The van der Waals surface area contributed by atoms with Crippen molar-refractivity contribution in [3.8, 4) is 0 Å². The number of hydrogen-bond acceptors (Lipinski definition) is 1. The lowest BCUT2D eigenvalue weighted by atomic mass is 9.91. The molecule has 2 aliphatic carbocycles. The molecule has 0 aromatic heterocycles. The molecule has 0 saturated heterocycles. The summed E-state index contributed by atoms with van der Waals surface area (Å²) in [5.41, 5.74) is 1.04. The summed E-state index contributed by atoms with van der Waals surface area (Å²) in [5.74, 6) is 2.18. The van der Waals surface area contributed by atoms with Gasteiger partial charge in [-0.25, -0.2) is 0 Å². The molecule has 0 aromatic carbocycles. The molecule has 3 unspecified atom stereocenters. The SMILES string of the molecule is CCCCC/C(C=O)=C/C1CC2C=CC1C2. The molecule has 1 nitrogen and oxygen atoms in total. The fourth-order valence-corrected chi connectivity index (χ4v) is 3.05. The van der Waals surface area contributed by atoms with Crippen LogP contribution >= 0.6 is 0 Å². The summed E-state index contributed by atoms with van der Waals surface area (Å²) < 4.78 is 0. The van der Waals surface area contributed by atoms with Crippen molar-refractivity contribution < 1.29 is 4.79 Å². The van der Waals surface area contributed by atoms with E-state index in [1.54, 1.807) is 0 Å². The zero-order valence-electron chi connectivity index (χ0n) is 10.2. The highest BCUT2D eigenvalue weighted by Crippen LogP contribution is 2.44. The predicted octanol–water partition coefficient (Wildman–Crippen LogP) is 3.90. The van der Waals surface area contributed by atoms with Gasteiger partial charge < -0.3 is 0 Å². The van der Waals surface area contributed by atoms with Crippen molar-refractivity contribution in [3.05, 3.63) is 23.8 Å². The first kappa shape index (κ1) is 11.6. The fourth-order valence-electron chi connectivity index (χ4n) is 3.05. The Labute approximate surface area is 98.6 Å². The quantitative estimate of drug-likeness (QED) is 0.286. The van der Waals surface area contributed by atoms with Gasteiger partial charge in [-0.05, 0) is 49.0 Å². The summed E-state index contributed by atoms with van der Waals surface area (Å²) in [5, 5.41) is 0. The molecule has 0 N–H and O–H groups in total. The molecule has 0 heterocycles. The highest BCUT2D eigenvalue weighted by atomic mass is 16.1. The maximum absolute atomic E-state index is 11.0. The van der Waals surface area contributed by atoms with Crippen molar-refractivity contribution >= 4 is 6.29 Å². The maximum atomic E-state index is 11.0. The third-order valence-electron chi connectivity index (χ3n) is 3.98. The molecule has 1 saturated carbocycles. The first-order chi connectivity index (χ1) is 7.83. The number of hydrogen-bond donors (Lipinski definition) is 0. The van der Waals surface area contributed by atoms with Crippen LogP contribution in [0.25, 0.3) is 0 Å². The van der Waals surface area contributed by atoms with Gasteiger partial charge >= 0.3 is 0 Å². The van der Waals surface area contributed by atoms with Crippen LogP contribution in [0.2, 0.25) is 0 Å². The van der Waals surface area contributed by atoms with Crippen molar-refractivity contribution in [2.45, 2.75) is 45.4 Å². The minimum atomic E-state index is 0.650. The van der Waals surface area contributed by atoms with E-state index in [9.17, 15) is 4.79 Å². The first-order valence-corrected chi connectivity index (χ1v) is 6.67. The second kappa shape index (κ2) is 5.47. The standard InChI is InChI=1S/C15H22O/c1-2-3-4-5-13(11-16)10-15-9-12-6-7-14(15)8-12/h6-7,10-12,14-15H,2-5,8-9H2,1H3/b13-10-. The van der Waals surface area contributed by atoms with Crippen LogP contribution in [0.4, 0.5) is 0 Å². The Balaban J connectivity index is 1.88. The summed E-state index contributed by atoms with van der Waals surface area (Å²) in [6, 6.07) is 0. The molecule has 1 fully saturated rings. The Morgan fingerprint density at radius 2 is 2.19 bits per heavy atom. The zero-order valence-corrected chi connectivity index (χ0v) is 10.2. The molecule has 16 heavy (non-hydrogen) atoms. The van der Waals surface area contributed by atoms with Gasteiger partial charge in [0.1, 0.15) is 6.29 Å². The summed E-state index contributed by atoms with van der Waals surface area (Å²) in [7, 11) is 0. The molecule has 3 atom stereocenters. The molecule has 0 aromatic rings. The van der Waals surface area contributed by atoms with Crippen LogP contribution < -0.4 is 0 Å². The number of fused-ring (bicyclic) bond motifs is 2. The van der Waals surface area contributed by atoms with E-state index in [0.29, 0.717) is 5.92 Å². The Morgan fingerprint density at radius 1 is 1.31 bits per heavy atom. The average Bonchev–Trinajstić information content (AvgIpc) is 2.89. The lowest BCUT2D eigenvalue weighted by molar-refractivity contribution is -0.105. The summed E-state index contributed by atoms with van der Waals surface area (Å²) in [6.45, 7) is 2.20. The van der Waals surface area contributed by atoms with Crippen LogP contribution in [0.1, 0.15) is 45.4 Å². The van der Waals surface area contributed by atoms with E-state index < -0.39 is 0 Å². The lowest BCUT2D eigenvalue weighted by Crippen LogP contribution is -2.05. The first-order valence-electron chi connectivity index (χ1n) is 6.67. The number of rotatable bonds is 6. The molecule has 2 rings (SSSR count). The van der Waals surface area contributed by atoms with Gasteiger partial charge in [0.2, 0.25) is 0 Å². The summed E-state index contributed by atoms with van der Waals surface area (Å²) >= 11 is 0. The molecule has 0 amide bonds. The van der Waals surface area contributed by atoms with E-state index >= 15 is 0 Å². The fraction of sp³-hybridized carbons (Fsp3) is 0.667. The van der Waals surface area contributed by atoms with Crippen molar-refractivity contribution in [3.63, 3.8) is 0 Å². The Morgan fingerprint density at radius 3 is 2.75 bits per heavy atom. The predicted molar refractivity (Wildman–Crippen MR) is 67.1 cm³/mol. The monoisotopic (exact) mass is 218 g/mol. The Kier molecular flexibility index (Phi) is 3.98. The molecular weight excluding hydrogens is 196 g/mol. The second-order valence-corrected chi connectivity index (χ2v) is 5.26. The van der Waals surface area contributed by atoms with Gasteiger partial charge in [0.25, 0.3) is 0 Å². The summed E-state index contributed by atoms with van der Waals surface area (Å²) in [4.78, 5) is 11.0. The van der Waals surface area contributed by atoms with Crippen molar-refractivity contribution in [1.29, 1.82) is 0 Å². The van der Waals surface area contributed by atoms with Crippen LogP contribution in [-0.2, 0) is 4.79 Å². The molecule has 2 aliphatic rings. The topological polar surface area (TPSA) is 17.1 Å². The molecular formula is C15H22O. The molecule has 2 bridgehead atoms. The van der Waals surface area contributed by atoms with Crippen LogP contribution in [0.3, 0.4) is 0 Å². The second-order valence-electron chi connectivity index (χ2n) is 5.26. The number of allylic oxidation sites excluding steroid dienone is 4. The molecule has 0 spiro atoms. The number of carbonyl (C=O) groups is 1. The van der Waals surface area contributed by atoms with Crippen LogP contribution in [0.5, 0.6) is 0 Å². The highest BCUT2D eigenvalue weighted by Gasteiger charge is 2.34. The molecule has 88 valence electrons. The minimum Gasteiger partial charge on any atom is -0.298 e. The van der Waals surface area contributed by atoms with E-state index in [0.717, 1.165) is 36.5 Å². The van der Waals surface area contributed by atoms with E-state index in [-0.39, 0.29) is 0 Å². The number of aldehydes is 1. The van der Waals surface area contributed by atoms with Crippen LogP contribution in [0, 0.1) is 17.8 Å². The Hall–Kier alpha value is -0.850. The van der Waals surface area contributed by atoms with E-state index in [1.165, 1.54) is 25.7 Å². The van der Waals surface area contributed by atoms with Gasteiger partial charge in [-0.15, -0.1) is 0 Å². The van der Waals surface area contributed by atoms with Crippen molar-refractivity contribution in [2.75, 3.05) is 0 Å². The third kappa shape index (κ3) is 2.63. The molecule has 1 heteroatoms. The van der Waals surface area contributed by atoms with Gasteiger partial charge in [-0.1, -0.05) is 38.0 Å². The minimum absolute atomic E-state index is 0.650. The lowest BCUT2D eigenvalue weighted by Gasteiger charge is -2.14. The number of carbonyl (C=O) groups excluding carboxylic acids is 1. The highest BCUT2D eigenvalue weighted by molar-refractivity contribution is 5.73. The van der Waals surface area contributed by atoms with Gasteiger partial charge in [0.15, 0.2) is 0 Å². The summed E-state index contributed by atoms with van der Waals surface area (Å²) in [6.07, 6.45) is 15.2.